The van der Waals surface area contributed by atoms with Crippen LogP contribution in [0.4, 0.5) is 9.59 Å². The number of hydrogen-bond acceptors (Lipinski definition) is 3. The summed E-state index contributed by atoms with van der Waals surface area (Å²) in [5.41, 5.74) is 1.10. The van der Waals surface area contributed by atoms with Gasteiger partial charge in [0, 0.05) is 13.5 Å². The highest BCUT2D eigenvalue weighted by Crippen LogP contribution is 2.38. The average Bonchev–Trinajstić information content (AvgIpc) is 2.61. The van der Waals surface area contributed by atoms with Crippen molar-refractivity contribution in [2.45, 2.75) is 24.8 Å². The number of fused-ring (bicyclic) bond motifs is 1. The summed E-state index contributed by atoms with van der Waals surface area (Å²) in [4.78, 5) is 37.1. The van der Waals surface area contributed by atoms with E-state index < -0.39 is 23.6 Å². The number of carboxylic acid groups (broad SMARTS) is 1. The predicted octanol–water partition coefficient (Wildman–Crippen LogP) is 1.49. The van der Waals surface area contributed by atoms with Gasteiger partial charge in [0.05, 0.1) is 0 Å². The number of rotatable bonds is 0. The number of nitrogens with zero attached hydrogens (tertiary/aromatic N) is 2. The molecule has 1 spiro atoms. The maximum Gasteiger partial charge on any atom is 0.422 e. The number of benzene rings is 1. The van der Waals surface area contributed by atoms with Gasteiger partial charge in [-0.2, -0.15) is 4.90 Å². The van der Waals surface area contributed by atoms with E-state index in [1.54, 1.807) is 0 Å². The van der Waals surface area contributed by atoms with Gasteiger partial charge in [-0.25, -0.2) is 9.59 Å². The van der Waals surface area contributed by atoms with Crippen LogP contribution in [0, 0.1) is 0 Å². The number of imide groups is 3. The van der Waals surface area contributed by atoms with Crippen molar-refractivity contribution in [3.05, 3.63) is 35.4 Å². The van der Waals surface area contributed by atoms with Crippen LogP contribution in [0.5, 0.6) is 0 Å². The zero-order valence-corrected chi connectivity index (χ0v) is 11.0. The van der Waals surface area contributed by atoms with E-state index in [0.717, 1.165) is 11.1 Å². The molecule has 0 saturated carbocycles. The first kappa shape index (κ1) is 12.7. The van der Waals surface area contributed by atoms with E-state index in [4.69, 9.17) is 5.11 Å². The summed E-state index contributed by atoms with van der Waals surface area (Å²) < 4.78 is 0. The highest BCUT2D eigenvalue weighted by molar-refractivity contribution is 6.16. The summed E-state index contributed by atoms with van der Waals surface area (Å²) in [6, 6.07) is 6.98. The molecule has 0 radical (unpaired) electrons. The Morgan fingerprint density at radius 3 is 2.50 bits per heavy atom. The minimum atomic E-state index is -1.51. The second-order valence-electron chi connectivity index (χ2n) is 5.24. The first-order valence-corrected chi connectivity index (χ1v) is 6.39. The van der Waals surface area contributed by atoms with E-state index in [2.05, 4.69) is 0 Å². The molecular weight excluding hydrogens is 260 g/mol. The quantitative estimate of drug-likeness (QED) is 0.727. The normalized spacial score (nSPS) is 25.2. The Kier molecular flexibility index (Phi) is 2.57. The van der Waals surface area contributed by atoms with Crippen molar-refractivity contribution < 1.29 is 19.5 Å². The lowest BCUT2D eigenvalue weighted by molar-refractivity contribution is -0.132. The molecule has 3 rings (SSSR count). The van der Waals surface area contributed by atoms with Crippen molar-refractivity contribution >= 4 is 18.0 Å². The zero-order chi connectivity index (χ0) is 14.5. The Bertz CT molecular complexity index is 627. The lowest BCUT2D eigenvalue weighted by Crippen LogP contribution is -2.52. The molecule has 1 aromatic carbocycles. The fraction of sp³-hybridized carbons (Fsp3) is 0.357. The van der Waals surface area contributed by atoms with Gasteiger partial charge in [-0.3, -0.25) is 4.79 Å². The fourth-order valence-corrected chi connectivity index (χ4v) is 3.13. The highest BCUT2D eigenvalue weighted by atomic mass is 16.4. The number of amides is 4. The fourth-order valence-electron chi connectivity index (χ4n) is 3.13. The van der Waals surface area contributed by atoms with Crippen LogP contribution in [0.2, 0.25) is 0 Å². The molecule has 1 atom stereocenters. The van der Waals surface area contributed by atoms with E-state index in [0.29, 0.717) is 24.2 Å². The lowest BCUT2D eigenvalue weighted by atomic mass is 9.77. The zero-order valence-electron chi connectivity index (χ0n) is 11.0. The topological polar surface area (TPSA) is 77.9 Å². The van der Waals surface area contributed by atoms with Crippen LogP contribution >= 0.6 is 0 Å². The number of hydrogen-bond donors (Lipinski definition) is 1. The first-order chi connectivity index (χ1) is 9.47. The summed E-state index contributed by atoms with van der Waals surface area (Å²) in [5, 5.41) is 9.04. The lowest BCUT2D eigenvalue weighted by Gasteiger charge is -2.36. The highest BCUT2D eigenvalue weighted by Gasteiger charge is 2.58. The van der Waals surface area contributed by atoms with Gasteiger partial charge in [-0.05, 0) is 24.0 Å². The molecule has 1 aliphatic carbocycles. The van der Waals surface area contributed by atoms with Crippen LogP contribution in [0.3, 0.4) is 0 Å². The van der Waals surface area contributed by atoms with Crippen molar-refractivity contribution in [1.82, 2.24) is 9.80 Å². The molecular formula is C14H14N2O4. The van der Waals surface area contributed by atoms with E-state index in [1.165, 1.54) is 11.9 Å². The van der Waals surface area contributed by atoms with Gasteiger partial charge in [0.15, 0.2) is 0 Å². The van der Waals surface area contributed by atoms with Gasteiger partial charge < -0.3 is 10.0 Å². The Morgan fingerprint density at radius 2 is 1.90 bits per heavy atom. The minimum absolute atomic E-state index is 0.327. The first-order valence-electron chi connectivity index (χ1n) is 6.39. The molecule has 1 N–H and O–H groups in total. The molecule has 1 heterocycles. The Balaban J connectivity index is 2.04. The summed E-state index contributed by atoms with van der Waals surface area (Å²) in [7, 11) is 1.50. The maximum absolute atomic E-state index is 12.4. The maximum atomic E-state index is 12.4. The van der Waals surface area contributed by atoms with Gasteiger partial charge in [0.25, 0.3) is 5.91 Å². The number of carbonyl (C=O) groups is 3. The molecule has 1 unspecified atom stereocenters. The molecule has 2 aliphatic rings. The molecule has 6 nitrogen and oxygen atoms in total. The van der Waals surface area contributed by atoms with Crippen LogP contribution in [-0.4, -0.2) is 45.5 Å². The smallest absolute Gasteiger partial charge is 0.422 e. The summed E-state index contributed by atoms with van der Waals surface area (Å²) in [5.74, 6) is -0.632. The molecule has 20 heavy (non-hydrogen) atoms. The molecule has 1 aliphatic heterocycles. The molecule has 1 fully saturated rings. The SMILES string of the molecule is CN1C(=O)N(C(=O)O)C(=O)C12CCc1ccccc1C2. The predicted molar refractivity (Wildman–Crippen MR) is 69.2 cm³/mol. The molecule has 1 saturated heterocycles. The third-order valence-electron chi connectivity index (χ3n) is 4.32. The molecule has 4 amide bonds. The van der Waals surface area contributed by atoms with Crippen LogP contribution in [0.15, 0.2) is 24.3 Å². The molecule has 1 aromatic rings. The van der Waals surface area contributed by atoms with E-state index in [9.17, 15) is 14.4 Å². The van der Waals surface area contributed by atoms with Gasteiger partial charge in [-0.1, -0.05) is 24.3 Å². The van der Waals surface area contributed by atoms with Crippen molar-refractivity contribution in [3.8, 4) is 0 Å². The number of likely N-dealkylation sites (N-methyl/N-ethyl adjacent to an activating group) is 1. The third kappa shape index (κ3) is 1.47. The molecule has 0 bridgehead atoms. The van der Waals surface area contributed by atoms with Crippen LogP contribution in [0.1, 0.15) is 17.5 Å². The van der Waals surface area contributed by atoms with E-state index in [-0.39, 0.29) is 0 Å². The van der Waals surface area contributed by atoms with Gasteiger partial charge in [-0.15, -0.1) is 0 Å². The summed E-state index contributed by atoms with van der Waals surface area (Å²) >= 11 is 0. The molecule has 104 valence electrons. The van der Waals surface area contributed by atoms with E-state index in [1.807, 2.05) is 24.3 Å². The number of urea groups is 1. The molecule has 6 heteroatoms. The van der Waals surface area contributed by atoms with E-state index >= 15 is 0 Å². The number of aryl methyl sites for hydroxylation is 1. The average molecular weight is 274 g/mol. The van der Waals surface area contributed by atoms with Crippen LogP contribution in [-0.2, 0) is 17.6 Å². The largest absolute Gasteiger partial charge is 0.464 e. The van der Waals surface area contributed by atoms with Crippen LogP contribution < -0.4 is 0 Å². The number of carbonyl (C=O) groups excluding carboxylic acids is 2. The van der Waals surface area contributed by atoms with Crippen molar-refractivity contribution in [3.63, 3.8) is 0 Å². The van der Waals surface area contributed by atoms with Gasteiger partial charge in [0.1, 0.15) is 5.54 Å². The van der Waals surface area contributed by atoms with Gasteiger partial charge in [0.2, 0.25) is 0 Å². The third-order valence-corrected chi connectivity index (χ3v) is 4.32. The molecule has 0 aromatic heterocycles. The van der Waals surface area contributed by atoms with Gasteiger partial charge >= 0.3 is 12.1 Å². The second kappa shape index (κ2) is 4.06. The Labute approximate surface area is 115 Å². The van der Waals surface area contributed by atoms with Crippen molar-refractivity contribution in [2.75, 3.05) is 7.05 Å². The monoisotopic (exact) mass is 274 g/mol. The minimum Gasteiger partial charge on any atom is -0.464 e. The van der Waals surface area contributed by atoms with Crippen LogP contribution in [0.25, 0.3) is 0 Å². The summed E-state index contributed by atoms with van der Waals surface area (Å²) in [6.07, 6.45) is -0.0295. The standard InChI is InChI=1S/C14H14N2O4/c1-15-12(18)16(13(19)20)11(17)14(15)7-6-9-4-2-3-5-10(9)8-14/h2-5H,6-8H2,1H3,(H,19,20). The Hall–Kier alpha value is -2.37. The summed E-state index contributed by atoms with van der Waals surface area (Å²) in [6.45, 7) is 0. The second-order valence-corrected chi connectivity index (χ2v) is 5.24. The Morgan fingerprint density at radius 1 is 1.25 bits per heavy atom. The van der Waals surface area contributed by atoms with Crippen molar-refractivity contribution in [2.24, 2.45) is 0 Å². The van der Waals surface area contributed by atoms with Crippen molar-refractivity contribution in [1.29, 1.82) is 0 Å².